The van der Waals surface area contributed by atoms with E-state index in [2.05, 4.69) is 11.7 Å². The van der Waals surface area contributed by atoms with Crippen LogP contribution < -0.4 is 0 Å². The molecule has 0 N–H and O–H groups in total. The Bertz CT molecular complexity index is 403. The van der Waals surface area contributed by atoms with Crippen LogP contribution in [0, 0.1) is 0 Å². The summed E-state index contributed by atoms with van der Waals surface area (Å²) in [6.45, 7) is 2.87. The third-order valence-corrected chi connectivity index (χ3v) is 1.80. The third-order valence-electron chi connectivity index (χ3n) is 1.80. The fourth-order valence-electron chi connectivity index (χ4n) is 1.08. The van der Waals surface area contributed by atoms with E-state index in [0.717, 1.165) is 0 Å². The van der Waals surface area contributed by atoms with Crippen molar-refractivity contribution in [1.29, 1.82) is 0 Å². The van der Waals surface area contributed by atoms with Gasteiger partial charge in [0.15, 0.2) is 0 Å². The summed E-state index contributed by atoms with van der Waals surface area (Å²) in [6, 6.07) is 1.18. The van der Waals surface area contributed by atoms with E-state index < -0.39 is 29.2 Å². The van der Waals surface area contributed by atoms with Gasteiger partial charge in [0.1, 0.15) is 0 Å². The zero-order chi connectivity index (χ0) is 12.6. The molecule has 0 aliphatic rings. The van der Waals surface area contributed by atoms with Gasteiger partial charge in [-0.3, -0.25) is 4.99 Å². The van der Waals surface area contributed by atoms with Crippen LogP contribution in [0.2, 0.25) is 0 Å². The van der Waals surface area contributed by atoms with E-state index in [1.165, 1.54) is 0 Å². The summed E-state index contributed by atoms with van der Waals surface area (Å²) in [6.07, 6.45) is -9.71. The molecule has 7 heteroatoms. The highest BCUT2D eigenvalue weighted by molar-refractivity contribution is 5.54. The molecule has 1 aromatic rings. The minimum atomic E-state index is -4.89. The van der Waals surface area contributed by atoms with Crippen LogP contribution in [0.25, 0.3) is 0 Å². The molecule has 0 aliphatic carbocycles. The highest BCUT2D eigenvalue weighted by Crippen LogP contribution is 2.40. The Morgan fingerprint density at radius 1 is 0.938 bits per heavy atom. The van der Waals surface area contributed by atoms with Gasteiger partial charge in [-0.05, 0) is 24.9 Å². The number of halogens is 6. The topological polar surface area (TPSA) is 12.4 Å². The molecule has 0 saturated heterocycles. The quantitative estimate of drug-likeness (QED) is 0.519. The van der Waals surface area contributed by atoms with Gasteiger partial charge in [0.25, 0.3) is 0 Å². The van der Waals surface area contributed by atoms with Gasteiger partial charge < -0.3 is 0 Å². The highest BCUT2D eigenvalue weighted by atomic mass is 19.4. The van der Waals surface area contributed by atoms with Gasteiger partial charge in [0.2, 0.25) is 0 Å². The van der Waals surface area contributed by atoms with E-state index in [-0.39, 0.29) is 6.07 Å². The molecule has 1 aromatic carbocycles. The van der Waals surface area contributed by atoms with Crippen molar-refractivity contribution in [2.45, 2.75) is 12.4 Å². The molecule has 1 rings (SSSR count). The standard InChI is InChI=1S/C9H5F6N/c1-16-7-3-2-5(8(10,11)12)4-6(7)9(13,14)15/h2-4H,1H2. The molecule has 0 fully saturated rings. The minimum Gasteiger partial charge on any atom is -0.264 e. The Labute approximate surface area is 86.4 Å². The van der Waals surface area contributed by atoms with Crippen LogP contribution in [0.3, 0.4) is 0 Å². The van der Waals surface area contributed by atoms with Crippen molar-refractivity contribution in [1.82, 2.24) is 0 Å². The summed E-state index contributed by atoms with van der Waals surface area (Å²) in [5.41, 5.74) is -3.44. The highest BCUT2D eigenvalue weighted by Gasteiger charge is 2.38. The molecule has 0 aliphatic heterocycles. The Kier molecular flexibility index (Phi) is 2.98. The van der Waals surface area contributed by atoms with E-state index in [1.54, 1.807) is 0 Å². The lowest BCUT2D eigenvalue weighted by molar-refractivity contribution is -0.142. The molecule has 0 atom stereocenters. The van der Waals surface area contributed by atoms with E-state index in [4.69, 9.17) is 0 Å². The molecule has 1 nitrogen and oxygen atoms in total. The number of hydrogen-bond donors (Lipinski definition) is 0. The number of aliphatic imine (C=N–C) groups is 1. The normalized spacial score (nSPS) is 12.6. The number of nitrogens with zero attached hydrogens (tertiary/aromatic N) is 1. The van der Waals surface area contributed by atoms with E-state index in [1.807, 2.05) is 0 Å². The van der Waals surface area contributed by atoms with Crippen LogP contribution in [0.1, 0.15) is 11.1 Å². The second-order valence-corrected chi connectivity index (χ2v) is 2.89. The molecule has 0 saturated carbocycles. The molecular formula is C9H5F6N. The SMILES string of the molecule is C=Nc1ccc(C(F)(F)F)cc1C(F)(F)F. The molecule has 0 spiro atoms. The number of alkyl halides is 6. The Morgan fingerprint density at radius 2 is 1.50 bits per heavy atom. The third kappa shape index (κ3) is 2.53. The van der Waals surface area contributed by atoms with Gasteiger partial charge in [-0.25, -0.2) is 0 Å². The van der Waals surface area contributed by atoms with Gasteiger partial charge in [-0.15, -0.1) is 0 Å². The minimum absolute atomic E-state index is 0.0179. The predicted octanol–water partition coefficient (Wildman–Crippen LogP) is 4.06. The largest absolute Gasteiger partial charge is 0.418 e. The first kappa shape index (κ1) is 12.5. The smallest absolute Gasteiger partial charge is 0.264 e. The van der Waals surface area contributed by atoms with Crippen molar-refractivity contribution in [3.63, 3.8) is 0 Å². The van der Waals surface area contributed by atoms with Crippen LogP contribution in [0.4, 0.5) is 32.0 Å². The van der Waals surface area contributed by atoms with Crippen molar-refractivity contribution in [2.75, 3.05) is 0 Å². The molecule has 0 bridgehead atoms. The fraction of sp³-hybridized carbons (Fsp3) is 0.222. The van der Waals surface area contributed by atoms with Crippen molar-refractivity contribution in [2.24, 2.45) is 4.99 Å². The number of rotatable bonds is 1. The first-order chi connectivity index (χ1) is 7.16. The van der Waals surface area contributed by atoms with Crippen LogP contribution in [-0.4, -0.2) is 6.72 Å². The van der Waals surface area contributed by atoms with Gasteiger partial charge in [-0.2, -0.15) is 26.3 Å². The van der Waals surface area contributed by atoms with Crippen molar-refractivity contribution >= 4 is 12.4 Å². The maximum Gasteiger partial charge on any atom is 0.418 e. The summed E-state index contributed by atoms with van der Waals surface area (Å²) < 4.78 is 73.6. The lowest BCUT2D eigenvalue weighted by Gasteiger charge is -2.13. The maximum absolute atomic E-state index is 12.3. The van der Waals surface area contributed by atoms with Crippen molar-refractivity contribution < 1.29 is 26.3 Å². The zero-order valence-corrected chi connectivity index (χ0v) is 7.65. The summed E-state index contributed by atoms with van der Waals surface area (Å²) in [5, 5.41) is 0. The molecule has 0 unspecified atom stereocenters. The van der Waals surface area contributed by atoms with Crippen LogP contribution in [0.15, 0.2) is 23.2 Å². The molecule has 88 valence electrons. The van der Waals surface area contributed by atoms with E-state index >= 15 is 0 Å². The van der Waals surface area contributed by atoms with Gasteiger partial charge in [0.05, 0.1) is 16.8 Å². The second kappa shape index (κ2) is 3.80. The fourth-order valence-corrected chi connectivity index (χ4v) is 1.08. The Balaban J connectivity index is 3.39. The average Bonchev–Trinajstić information content (AvgIpc) is 2.14. The van der Waals surface area contributed by atoms with Crippen LogP contribution in [0.5, 0.6) is 0 Å². The van der Waals surface area contributed by atoms with Crippen molar-refractivity contribution in [3.05, 3.63) is 29.3 Å². The first-order valence-electron chi connectivity index (χ1n) is 3.91. The summed E-state index contributed by atoms with van der Waals surface area (Å²) in [5.74, 6) is 0. The molecule has 16 heavy (non-hydrogen) atoms. The molecular weight excluding hydrogens is 236 g/mol. The molecule has 0 amide bonds. The number of benzene rings is 1. The van der Waals surface area contributed by atoms with Gasteiger partial charge >= 0.3 is 12.4 Å². The lowest BCUT2D eigenvalue weighted by Crippen LogP contribution is -2.10. The average molecular weight is 241 g/mol. The van der Waals surface area contributed by atoms with Gasteiger partial charge in [0, 0.05) is 0 Å². The summed E-state index contributed by atoms with van der Waals surface area (Å²) in [7, 11) is 0. The Morgan fingerprint density at radius 3 is 1.88 bits per heavy atom. The first-order valence-corrected chi connectivity index (χ1v) is 3.91. The summed E-state index contributed by atoms with van der Waals surface area (Å²) >= 11 is 0. The van der Waals surface area contributed by atoms with E-state index in [9.17, 15) is 26.3 Å². The summed E-state index contributed by atoms with van der Waals surface area (Å²) in [4.78, 5) is 3.02. The number of hydrogen-bond acceptors (Lipinski definition) is 1. The predicted molar refractivity (Wildman–Crippen MR) is 45.7 cm³/mol. The van der Waals surface area contributed by atoms with Crippen LogP contribution >= 0.6 is 0 Å². The van der Waals surface area contributed by atoms with Crippen LogP contribution in [-0.2, 0) is 12.4 Å². The molecule has 0 heterocycles. The van der Waals surface area contributed by atoms with E-state index in [0.29, 0.717) is 12.1 Å². The monoisotopic (exact) mass is 241 g/mol. The van der Waals surface area contributed by atoms with Gasteiger partial charge in [-0.1, -0.05) is 0 Å². The van der Waals surface area contributed by atoms with Crippen molar-refractivity contribution in [3.8, 4) is 0 Å². The lowest BCUT2D eigenvalue weighted by atomic mass is 10.1. The maximum atomic E-state index is 12.3. The Hall–Kier alpha value is -1.53. The zero-order valence-electron chi connectivity index (χ0n) is 7.65. The molecule has 0 aromatic heterocycles. The molecule has 0 radical (unpaired) electrons. The second-order valence-electron chi connectivity index (χ2n) is 2.89.